The van der Waals surface area contributed by atoms with Gasteiger partial charge in [-0.3, -0.25) is 4.79 Å². The van der Waals surface area contributed by atoms with Crippen LogP contribution >= 0.6 is 0 Å². The van der Waals surface area contributed by atoms with Gasteiger partial charge in [-0.2, -0.15) is 5.10 Å². The molecule has 1 fully saturated rings. The van der Waals surface area contributed by atoms with E-state index >= 15 is 0 Å². The van der Waals surface area contributed by atoms with Gasteiger partial charge in [0, 0.05) is 11.8 Å². The van der Waals surface area contributed by atoms with Crippen LogP contribution in [0.1, 0.15) is 26.2 Å². The highest BCUT2D eigenvalue weighted by atomic mass is 16.2. The fourth-order valence-corrected chi connectivity index (χ4v) is 2.11. The van der Waals surface area contributed by atoms with Gasteiger partial charge in [0.15, 0.2) is 0 Å². The van der Waals surface area contributed by atoms with Gasteiger partial charge in [-0.15, -0.1) is 0 Å². The van der Waals surface area contributed by atoms with Crippen molar-refractivity contribution in [3.8, 4) is 0 Å². The van der Waals surface area contributed by atoms with Crippen molar-refractivity contribution >= 4 is 11.6 Å². The quantitative estimate of drug-likeness (QED) is 0.609. The van der Waals surface area contributed by atoms with Crippen molar-refractivity contribution in [3.05, 3.63) is 0 Å². The summed E-state index contributed by atoms with van der Waals surface area (Å²) in [5, 5.41) is 7.33. The minimum Gasteiger partial charge on any atom is -0.313 e. The largest absolute Gasteiger partial charge is 0.313 e. The molecule has 0 saturated carbocycles. The summed E-state index contributed by atoms with van der Waals surface area (Å²) >= 11 is 0. The number of rotatable bonds is 1. The summed E-state index contributed by atoms with van der Waals surface area (Å²) in [6.07, 6.45) is 3.53. The first kappa shape index (κ1) is 8.69. The Kier molecular flexibility index (Phi) is 2.31. The van der Waals surface area contributed by atoms with Crippen molar-refractivity contribution in [3.63, 3.8) is 0 Å². The van der Waals surface area contributed by atoms with Crippen LogP contribution in [0.4, 0.5) is 0 Å². The molecule has 0 aromatic heterocycles. The maximum atomic E-state index is 11.4. The summed E-state index contributed by atoms with van der Waals surface area (Å²) in [6, 6.07) is 0.306. The Labute approximate surface area is 77.8 Å². The molecular weight excluding hydrogens is 166 g/mol. The average molecular weight is 181 g/mol. The summed E-state index contributed by atoms with van der Waals surface area (Å²) in [5.74, 6) is 0.0252. The number of carbonyl (C=O) groups excluding carboxylic acids is 1. The fourth-order valence-electron chi connectivity index (χ4n) is 2.11. The smallest absolute Gasteiger partial charge is 0.250 e. The number of hydrogen-bond acceptors (Lipinski definition) is 3. The van der Waals surface area contributed by atoms with Crippen LogP contribution in [-0.4, -0.2) is 24.2 Å². The Morgan fingerprint density at radius 1 is 1.46 bits per heavy atom. The lowest BCUT2D eigenvalue weighted by Crippen LogP contribution is -2.45. The zero-order valence-corrected chi connectivity index (χ0v) is 7.84. The molecule has 1 saturated heterocycles. The maximum absolute atomic E-state index is 11.4. The molecule has 2 aliphatic rings. The number of nitrogens with zero attached hydrogens (tertiary/aromatic N) is 1. The van der Waals surface area contributed by atoms with E-state index in [1.165, 1.54) is 12.8 Å². The highest BCUT2D eigenvalue weighted by Crippen LogP contribution is 2.19. The van der Waals surface area contributed by atoms with Gasteiger partial charge in [-0.25, -0.2) is 5.43 Å². The van der Waals surface area contributed by atoms with Gasteiger partial charge in [0.25, 0.3) is 5.91 Å². The summed E-state index contributed by atoms with van der Waals surface area (Å²) in [5.41, 5.74) is 3.45. The van der Waals surface area contributed by atoms with Crippen molar-refractivity contribution in [2.45, 2.75) is 32.2 Å². The van der Waals surface area contributed by atoms with Crippen LogP contribution in [0.3, 0.4) is 0 Å². The average Bonchev–Trinajstić information content (AvgIpc) is 2.48. The zero-order valence-electron chi connectivity index (χ0n) is 7.84. The summed E-state index contributed by atoms with van der Waals surface area (Å²) in [6.45, 7) is 2.95. The fraction of sp³-hybridized carbons (Fsp3) is 0.778. The van der Waals surface area contributed by atoms with Gasteiger partial charge < -0.3 is 5.32 Å². The molecule has 2 aliphatic heterocycles. The van der Waals surface area contributed by atoms with Gasteiger partial charge in [0.2, 0.25) is 0 Å². The number of amides is 1. The van der Waals surface area contributed by atoms with E-state index in [0.29, 0.717) is 6.04 Å². The lowest BCUT2D eigenvalue weighted by molar-refractivity contribution is -0.122. The van der Waals surface area contributed by atoms with Crippen LogP contribution in [0.15, 0.2) is 5.10 Å². The van der Waals surface area contributed by atoms with E-state index in [1.807, 2.05) is 6.92 Å². The van der Waals surface area contributed by atoms with E-state index in [0.717, 1.165) is 18.7 Å². The molecule has 0 spiro atoms. The predicted octanol–water partition coefficient (Wildman–Crippen LogP) is 0.250. The molecule has 0 aromatic carbocycles. The number of hydrazone groups is 1. The van der Waals surface area contributed by atoms with E-state index in [1.54, 1.807) is 0 Å². The molecule has 2 unspecified atom stereocenters. The Balaban J connectivity index is 2.05. The standard InChI is InChI=1S/C9H15N3O/c1-6-8(9(13)12-11-6)7-4-2-3-5-10-7/h7-8,10H,2-5H2,1H3,(H,12,13). The van der Waals surface area contributed by atoms with Crippen LogP contribution in [0.25, 0.3) is 0 Å². The Bertz CT molecular complexity index is 243. The van der Waals surface area contributed by atoms with E-state index in [-0.39, 0.29) is 11.8 Å². The van der Waals surface area contributed by atoms with E-state index < -0.39 is 0 Å². The molecule has 2 atom stereocenters. The number of piperidine rings is 1. The predicted molar refractivity (Wildman–Crippen MR) is 50.4 cm³/mol. The summed E-state index contributed by atoms with van der Waals surface area (Å²) in [7, 11) is 0. The zero-order chi connectivity index (χ0) is 9.26. The van der Waals surface area contributed by atoms with Crippen LogP contribution in [-0.2, 0) is 4.79 Å². The van der Waals surface area contributed by atoms with E-state index in [4.69, 9.17) is 0 Å². The van der Waals surface area contributed by atoms with Crippen molar-refractivity contribution in [2.24, 2.45) is 11.0 Å². The van der Waals surface area contributed by atoms with Crippen molar-refractivity contribution in [2.75, 3.05) is 6.54 Å². The van der Waals surface area contributed by atoms with Crippen molar-refractivity contribution in [1.29, 1.82) is 0 Å². The van der Waals surface area contributed by atoms with E-state index in [2.05, 4.69) is 15.8 Å². The minimum absolute atomic E-state index is 0.0275. The molecular formula is C9H15N3O. The molecule has 2 heterocycles. The number of nitrogens with one attached hydrogen (secondary N) is 2. The Morgan fingerprint density at radius 3 is 2.85 bits per heavy atom. The molecule has 0 aromatic rings. The first-order valence-corrected chi connectivity index (χ1v) is 4.86. The molecule has 4 nitrogen and oxygen atoms in total. The van der Waals surface area contributed by atoms with Crippen LogP contribution in [0, 0.1) is 5.92 Å². The lowest BCUT2D eigenvalue weighted by atomic mass is 9.89. The highest BCUT2D eigenvalue weighted by molar-refractivity contribution is 6.07. The molecule has 2 N–H and O–H groups in total. The molecule has 4 heteroatoms. The topological polar surface area (TPSA) is 53.5 Å². The normalized spacial score (nSPS) is 34.2. The van der Waals surface area contributed by atoms with Crippen LogP contribution in [0.2, 0.25) is 0 Å². The number of hydrogen-bond donors (Lipinski definition) is 2. The second-order valence-electron chi connectivity index (χ2n) is 3.76. The first-order valence-electron chi connectivity index (χ1n) is 4.86. The summed E-state index contributed by atoms with van der Waals surface area (Å²) < 4.78 is 0. The molecule has 0 bridgehead atoms. The van der Waals surface area contributed by atoms with Gasteiger partial charge in [-0.1, -0.05) is 6.42 Å². The third-order valence-corrected chi connectivity index (χ3v) is 2.83. The van der Waals surface area contributed by atoms with Gasteiger partial charge in [0.1, 0.15) is 0 Å². The minimum atomic E-state index is -0.0275. The third kappa shape index (κ3) is 1.58. The molecule has 0 radical (unpaired) electrons. The van der Waals surface area contributed by atoms with E-state index in [9.17, 15) is 4.79 Å². The molecule has 1 amide bonds. The molecule has 2 rings (SSSR count). The number of carbonyl (C=O) groups is 1. The second-order valence-corrected chi connectivity index (χ2v) is 3.76. The monoisotopic (exact) mass is 181 g/mol. The maximum Gasteiger partial charge on any atom is 0.250 e. The van der Waals surface area contributed by atoms with Crippen LogP contribution < -0.4 is 10.7 Å². The van der Waals surface area contributed by atoms with Crippen LogP contribution in [0.5, 0.6) is 0 Å². The SMILES string of the molecule is CC1=NNC(=O)C1C1CCCCN1. The third-order valence-electron chi connectivity index (χ3n) is 2.83. The van der Waals surface area contributed by atoms with Gasteiger partial charge in [-0.05, 0) is 26.3 Å². The van der Waals surface area contributed by atoms with Crippen molar-refractivity contribution in [1.82, 2.24) is 10.7 Å². The molecule has 72 valence electrons. The van der Waals surface area contributed by atoms with Gasteiger partial charge >= 0.3 is 0 Å². The Hall–Kier alpha value is -0.900. The van der Waals surface area contributed by atoms with Crippen molar-refractivity contribution < 1.29 is 4.79 Å². The second kappa shape index (κ2) is 3.46. The summed E-state index contributed by atoms with van der Waals surface area (Å²) in [4.78, 5) is 11.4. The van der Waals surface area contributed by atoms with Gasteiger partial charge in [0.05, 0.1) is 5.92 Å². The molecule has 13 heavy (non-hydrogen) atoms. The lowest BCUT2D eigenvalue weighted by Gasteiger charge is -2.27. The Morgan fingerprint density at radius 2 is 2.31 bits per heavy atom. The highest BCUT2D eigenvalue weighted by Gasteiger charge is 2.34. The molecule has 0 aliphatic carbocycles. The first-order chi connectivity index (χ1) is 6.29.